The molecule has 0 radical (unpaired) electrons. The Balaban J connectivity index is 1.76. The molecule has 1 aliphatic rings. The number of benzene rings is 1. The van der Waals surface area contributed by atoms with Crippen molar-refractivity contribution in [1.29, 1.82) is 0 Å². The normalized spacial score (nSPS) is 18.1. The van der Waals surface area contributed by atoms with E-state index in [1.54, 1.807) is 19.3 Å². The van der Waals surface area contributed by atoms with E-state index in [2.05, 4.69) is 20.1 Å². The number of fused-ring (bicyclic) bond motifs is 1. The maximum absolute atomic E-state index is 14.2. The van der Waals surface area contributed by atoms with Gasteiger partial charge in [0, 0.05) is 42.8 Å². The minimum absolute atomic E-state index is 0.0933. The van der Waals surface area contributed by atoms with Gasteiger partial charge in [-0.05, 0) is 38.0 Å². The smallest absolute Gasteiger partial charge is 0.185 e. The van der Waals surface area contributed by atoms with E-state index in [-0.39, 0.29) is 11.4 Å². The van der Waals surface area contributed by atoms with Gasteiger partial charge in [-0.1, -0.05) is 0 Å². The van der Waals surface area contributed by atoms with Gasteiger partial charge >= 0.3 is 0 Å². The Morgan fingerprint density at radius 2 is 2.08 bits per heavy atom. The minimum Gasteiger partial charge on any atom is -0.370 e. The van der Waals surface area contributed by atoms with Crippen molar-refractivity contribution < 1.29 is 8.78 Å². The number of rotatable bonds is 2. The van der Waals surface area contributed by atoms with E-state index in [1.807, 2.05) is 17.7 Å². The first-order valence-electron chi connectivity index (χ1n) is 8.39. The highest BCUT2D eigenvalue weighted by Crippen LogP contribution is 2.34. The van der Waals surface area contributed by atoms with E-state index >= 15 is 0 Å². The third kappa shape index (κ3) is 2.73. The zero-order valence-corrected chi connectivity index (χ0v) is 14.2. The van der Waals surface area contributed by atoms with E-state index in [0.717, 1.165) is 37.4 Å². The average Bonchev–Trinajstić information content (AvgIpc) is 3.04. The molecule has 0 N–H and O–H groups in total. The van der Waals surface area contributed by atoms with Gasteiger partial charge in [-0.25, -0.2) is 13.8 Å². The van der Waals surface area contributed by atoms with Crippen LogP contribution in [0.25, 0.3) is 10.9 Å². The molecule has 0 amide bonds. The SMILES string of the molecule is Cc1cc(N2CCC[C@H](c3nncn3C)C2)c2ccc(F)c(F)c2n1. The standard InChI is InChI=1S/C18H19F2N5/c1-11-8-15(13-5-6-14(19)16(20)17(13)22-11)25-7-3-4-12(9-25)18-23-21-10-24(18)2/h5-6,8,10,12H,3-4,7,9H2,1-2H3/t12-/m0/s1. The van der Waals surface area contributed by atoms with Gasteiger partial charge in [-0.2, -0.15) is 0 Å². The monoisotopic (exact) mass is 343 g/mol. The van der Waals surface area contributed by atoms with E-state index in [0.29, 0.717) is 11.1 Å². The molecule has 25 heavy (non-hydrogen) atoms. The van der Waals surface area contributed by atoms with Crippen LogP contribution < -0.4 is 4.90 Å². The molecule has 1 fully saturated rings. The van der Waals surface area contributed by atoms with Crippen molar-refractivity contribution in [1.82, 2.24) is 19.7 Å². The number of pyridine rings is 1. The molecule has 1 aliphatic heterocycles. The highest BCUT2D eigenvalue weighted by Gasteiger charge is 2.26. The third-order valence-corrected chi connectivity index (χ3v) is 4.85. The van der Waals surface area contributed by atoms with Crippen molar-refractivity contribution in [3.63, 3.8) is 0 Å². The predicted molar refractivity (Wildman–Crippen MR) is 91.6 cm³/mol. The Labute approximate surface area is 144 Å². The van der Waals surface area contributed by atoms with Crippen LogP contribution in [0.1, 0.15) is 30.3 Å². The summed E-state index contributed by atoms with van der Waals surface area (Å²) in [6.45, 7) is 3.44. The number of nitrogens with zero attached hydrogens (tertiary/aromatic N) is 5. The molecule has 0 saturated carbocycles. The predicted octanol–water partition coefficient (Wildman–Crippen LogP) is 3.33. The Morgan fingerprint density at radius 3 is 2.84 bits per heavy atom. The topological polar surface area (TPSA) is 46.8 Å². The van der Waals surface area contributed by atoms with Gasteiger partial charge in [0.2, 0.25) is 0 Å². The van der Waals surface area contributed by atoms with Crippen LogP contribution in [-0.4, -0.2) is 32.8 Å². The quantitative estimate of drug-likeness (QED) is 0.716. The van der Waals surface area contributed by atoms with E-state index < -0.39 is 11.6 Å². The summed E-state index contributed by atoms with van der Waals surface area (Å²) in [7, 11) is 1.94. The summed E-state index contributed by atoms with van der Waals surface area (Å²) in [4.78, 5) is 6.43. The van der Waals surface area contributed by atoms with Gasteiger partial charge in [-0.3, -0.25) is 0 Å². The number of hydrogen-bond donors (Lipinski definition) is 0. The van der Waals surface area contributed by atoms with Crippen molar-refractivity contribution in [2.24, 2.45) is 7.05 Å². The van der Waals surface area contributed by atoms with Gasteiger partial charge in [0.1, 0.15) is 17.7 Å². The molecule has 7 heteroatoms. The number of halogens is 2. The van der Waals surface area contributed by atoms with Crippen LogP contribution in [0.2, 0.25) is 0 Å². The van der Waals surface area contributed by atoms with Gasteiger partial charge < -0.3 is 9.47 Å². The summed E-state index contributed by atoms with van der Waals surface area (Å²) in [5.41, 5.74) is 1.66. The van der Waals surface area contributed by atoms with Crippen LogP contribution in [0.3, 0.4) is 0 Å². The van der Waals surface area contributed by atoms with Gasteiger partial charge in [0.05, 0.1) is 0 Å². The Bertz CT molecular complexity index is 937. The van der Waals surface area contributed by atoms with Crippen molar-refractivity contribution in [3.05, 3.63) is 47.7 Å². The first-order chi connectivity index (χ1) is 12.0. The van der Waals surface area contributed by atoms with Gasteiger partial charge in [-0.15, -0.1) is 10.2 Å². The van der Waals surface area contributed by atoms with Crippen molar-refractivity contribution in [3.8, 4) is 0 Å². The molecule has 1 aromatic carbocycles. The van der Waals surface area contributed by atoms with Crippen LogP contribution in [-0.2, 0) is 7.05 Å². The molecule has 4 rings (SSSR count). The lowest BCUT2D eigenvalue weighted by Crippen LogP contribution is -2.35. The Hall–Kier alpha value is -2.57. The second-order valence-corrected chi connectivity index (χ2v) is 6.63. The van der Waals surface area contributed by atoms with Crippen molar-refractivity contribution in [2.45, 2.75) is 25.7 Å². The summed E-state index contributed by atoms with van der Waals surface area (Å²) >= 11 is 0. The van der Waals surface area contributed by atoms with Gasteiger partial charge in [0.25, 0.3) is 0 Å². The highest BCUT2D eigenvalue weighted by atomic mass is 19.2. The molecule has 0 unspecified atom stereocenters. The molecule has 0 spiro atoms. The molecule has 0 bridgehead atoms. The number of aromatic nitrogens is 4. The third-order valence-electron chi connectivity index (χ3n) is 4.85. The molecule has 130 valence electrons. The Morgan fingerprint density at radius 1 is 1.24 bits per heavy atom. The number of piperidine rings is 1. The van der Waals surface area contributed by atoms with E-state index in [4.69, 9.17) is 0 Å². The lowest BCUT2D eigenvalue weighted by atomic mass is 9.96. The fourth-order valence-electron chi connectivity index (χ4n) is 3.67. The maximum atomic E-state index is 14.2. The molecular weight excluding hydrogens is 324 g/mol. The summed E-state index contributed by atoms with van der Waals surface area (Å²) in [6.07, 6.45) is 3.75. The van der Waals surface area contributed by atoms with Crippen LogP contribution in [0.15, 0.2) is 24.5 Å². The molecular formula is C18H19F2N5. The highest BCUT2D eigenvalue weighted by molar-refractivity contribution is 5.92. The molecule has 5 nitrogen and oxygen atoms in total. The number of hydrogen-bond acceptors (Lipinski definition) is 4. The average molecular weight is 343 g/mol. The van der Waals surface area contributed by atoms with Crippen molar-refractivity contribution >= 4 is 16.6 Å². The zero-order chi connectivity index (χ0) is 17.6. The molecule has 3 heterocycles. The summed E-state index contributed by atoms with van der Waals surface area (Å²) in [5.74, 6) is -0.538. The van der Waals surface area contributed by atoms with E-state index in [9.17, 15) is 8.78 Å². The second kappa shape index (κ2) is 6.06. The molecule has 0 aliphatic carbocycles. The number of anilines is 1. The number of aryl methyl sites for hydroxylation is 2. The van der Waals surface area contributed by atoms with Crippen LogP contribution in [0.4, 0.5) is 14.5 Å². The lowest BCUT2D eigenvalue weighted by molar-refractivity contribution is 0.480. The first kappa shape index (κ1) is 15.9. The minimum atomic E-state index is -0.885. The first-order valence-corrected chi connectivity index (χ1v) is 8.39. The van der Waals surface area contributed by atoms with E-state index in [1.165, 1.54) is 6.07 Å². The van der Waals surface area contributed by atoms with Crippen LogP contribution in [0, 0.1) is 18.6 Å². The molecule has 2 aromatic heterocycles. The zero-order valence-electron chi connectivity index (χ0n) is 14.2. The fraction of sp³-hybridized carbons (Fsp3) is 0.389. The van der Waals surface area contributed by atoms with Crippen molar-refractivity contribution in [2.75, 3.05) is 18.0 Å². The second-order valence-electron chi connectivity index (χ2n) is 6.63. The summed E-state index contributed by atoms with van der Waals surface area (Å²) in [5, 5.41) is 8.85. The fourth-order valence-corrected chi connectivity index (χ4v) is 3.67. The van der Waals surface area contributed by atoms with Crippen LogP contribution in [0.5, 0.6) is 0 Å². The van der Waals surface area contributed by atoms with Crippen LogP contribution >= 0.6 is 0 Å². The largest absolute Gasteiger partial charge is 0.370 e. The molecule has 1 atom stereocenters. The van der Waals surface area contributed by atoms with Gasteiger partial charge in [0.15, 0.2) is 11.6 Å². The summed E-state index contributed by atoms with van der Waals surface area (Å²) in [6, 6.07) is 4.72. The lowest BCUT2D eigenvalue weighted by Gasteiger charge is -2.34. The Kier molecular flexibility index (Phi) is 3.86. The summed E-state index contributed by atoms with van der Waals surface area (Å²) < 4.78 is 29.7. The maximum Gasteiger partial charge on any atom is 0.185 e. The molecule has 1 saturated heterocycles. The molecule has 3 aromatic rings.